The van der Waals surface area contributed by atoms with Gasteiger partial charge >= 0.3 is 0 Å². The van der Waals surface area contributed by atoms with E-state index in [9.17, 15) is 4.79 Å². The van der Waals surface area contributed by atoms with Crippen molar-refractivity contribution in [3.8, 4) is 0 Å². The molecule has 0 bridgehead atoms. The first-order chi connectivity index (χ1) is 10.1. The average molecular weight is 300 g/mol. The first-order valence-corrected chi connectivity index (χ1v) is 7.98. The lowest BCUT2D eigenvalue weighted by atomic mass is 9.68. The van der Waals surface area contributed by atoms with Crippen LogP contribution in [0.3, 0.4) is 0 Å². The van der Waals surface area contributed by atoms with Gasteiger partial charge in [0.15, 0.2) is 5.78 Å². The van der Waals surface area contributed by atoms with Gasteiger partial charge in [0, 0.05) is 28.9 Å². The molecule has 1 N–H and O–H groups in total. The number of halogens is 1. The molecule has 2 aromatic rings. The summed E-state index contributed by atoms with van der Waals surface area (Å²) in [5.41, 5.74) is 6.05. The number of Topliss-reactive ketones (excluding diaryl/α,β-unsaturated/α-hetero) is 1. The summed E-state index contributed by atoms with van der Waals surface area (Å²) < 4.78 is 0. The zero-order valence-corrected chi connectivity index (χ0v) is 13.1. The lowest BCUT2D eigenvalue weighted by molar-refractivity contribution is -0.116. The fourth-order valence-corrected chi connectivity index (χ4v) is 4.63. The Morgan fingerprint density at radius 3 is 2.95 bits per heavy atom. The van der Waals surface area contributed by atoms with Gasteiger partial charge in [0.1, 0.15) is 0 Å². The molecule has 0 radical (unpaired) electrons. The van der Waals surface area contributed by atoms with Crippen molar-refractivity contribution >= 4 is 33.9 Å². The highest BCUT2D eigenvalue weighted by Gasteiger charge is 2.45. The molecular formula is C18H18ClNO. The topological polar surface area (TPSA) is 32.9 Å². The number of nitrogens with one attached hydrogen (secondary N) is 1. The van der Waals surface area contributed by atoms with Gasteiger partial charge < -0.3 is 4.98 Å². The molecule has 1 aromatic carbocycles. The van der Waals surface area contributed by atoms with Crippen molar-refractivity contribution in [1.29, 1.82) is 0 Å². The summed E-state index contributed by atoms with van der Waals surface area (Å²) in [5, 5.41) is 1.93. The zero-order valence-electron chi connectivity index (χ0n) is 12.3. The summed E-state index contributed by atoms with van der Waals surface area (Å²) in [6.45, 7) is 4.24. The van der Waals surface area contributed by atoms with Crippen molar-refractivity contribution < 1.29 is 4.79 Å². The van der Waals surface area contributed by atoms with Crippen LogP contribution in [0.4, 0.5) is 0 Å². The van der Waals surface area contributed by atoms with Gasteiger partial charge in [-0.1, -0.05) is 24.6 Å². The molecule has 2 nitrogen and oxygen atoms in total. The number of H-pyrrole nitrogens is 1. The molecule has 0 amide bonds. The molecule has 2 aliphatic carbocycles. The number of aromatic amines is 1. The molecule has 2 aliphatic rings. The average Bonchev–Trinajstić information content (AvgIpc) is 3.02. The number of carbonyl (C=O) groups is 1. The predicted molar refractivity (Wildman–Crippen MR) is 86.6 cm³/mol. The largest absolute Gasteiger partial charge is 0.360 e. The van der Waals surface area contributed by atoms with Crippen molar-refractivity contribution in [2.75, 3.05) is 0 Å². The molecule has 0 fully saturated rings. The van der Waals surface area contributed by atoms with E-state index in [2.05, 4.69) is 24.0 Å². The normalized spacial score (nSPS) is 24.6. The van der Waals surface area contributed by atoms with Crippen LogP contribution in [0, 0.1) is 5.41 Å². The van der Waals surface area contributed by atoms with Crippen molar-refractivity contribution in [3.05, 3.63) is 40.1 Å². The van der Waals surface area contributed by atoms with Gasteiger partial charge in [-0.25, -0.2) is 0 Å². The van der Waals surface area contributed by atoms with Crippen molar-refractivity contribution in [2.24, 2.45) is 5.41 Å². The summed E-state index contributed by atoms with van der Waals surface area (Å²) in [6.07, 6.45) is 5.59. The molecule has 0 spiro atoms. The number of allylic oxidation sites excluding steroid dienone is 2. The van der Waals surface area contributed by atoms with Crippen LogP contribution in [0.2, 0.25) is 5.02 Å². The monoisotopic (exact) mass is 299 g/mol. The summed E-state index contributed by atoms with van der Waals surface area (Å²) in [5.74, 6) is 0.308. The molecule has 1 aromatic heterocycles. The molecule has 1 unspecified atom stereocenters. The summed E-state index contributed by atoms with van der Waals surface area (Å²) in [4.78, 5) is 15.4. The predicted octanol–water partition coefficient (Wildman–Crippen LogP) is 4.91. The molecule has 0 aliphatic heterocycles. The van der Waals surface area contributed by atoms with Crippen LogP contribution in [0.25, 0.3) is 16.5 Å². The Labute approximate surface area is 129 Å². The van der Waals surface area contributed by atoms with E-state index in [1.165, 1.54) is 16.7 Å². The number of hydrogen-bond acceptors (Lipinski definition) is 1. The first-order valence-electron chi connectivity index (χ1n) is 7.61. The third-order valence-corrected chi connectivity index (χ3v) is 5.82. The van der Waals surface area contributed by atoms with Gasteiger partial charge in [-0.3, -0.25) is 4.79 Å². The number of benzene rings is 1. The molecule has 0 saturated heterocycles. The molecule has 21 heavy (non-hydrogen) atoms. The van der Waals surface area contributed by atoms with Crippen LogP contribution in [0.5, 0.6) is 0 Å². The summed E-state index contributed by atoms with van der Waals surface area (Å²) >= 11 is 6.39. The second kappa shape index (κ2) is 4.23. The molecule has 108 valence electrons. The Morgan fingerprint density at radius 1 is 1.38 bits per heavy atom. The highest BCUT2D eigenvalue weighted by molar-refractivity contribution is 6.36. The van der Waals surface area contributed by atoms with Crippen LogP contribution in [-0.2, 0) is 11.2 Å². The third-order valence-electron chi connectivity index (χ3n) is 5.52. The van der Waals surface area contributed by atoms with Crippen LogP contribution >= 0.6 is 11.6 Å². The van der Waals surface area contributed by atoms with Gasteiger partial charge in [0.05, 0.1) is 5.02 Å². The minimum absolute atomic E-state index is 0.134. The molecule has 1 heterocycles. The van der Waals surface area contributed by atoms with E-state index < -0.39 is 0 Å². The zero-order chi connectivity index (χ0) is 14.8. The highest BCUT2D eigenvalue weighted by atomic mass is 35.5. The van der Waals surface area contributed by atoms with Crippen LogP contribution in [0.1, 0.15) is 44.2 Å². The van der Waals surface area contributed by atoms with E-state index in [0.29, 0.717) is 12.2 Å². The van der Waals surface area contributed by atoms with E-state index in [-0.39, 0.29) is 5.41 Å². The molecule has 0 saturated carbocycles. The summed E-state index contributed by atoms with van der Waals surface area (Å²) in [6, 6.07) is 4.25. The Hall–Kier alpha value is -1.54. The second-order valence-electron chi connectivity index (χ2n) is 6.38. The standard InChI is InChI=1S/C18H18ClNO/c1-3-18-7-6-15(21)10(2)17(18)11-4-5-14-16(12(11)8-18)13(19)9-20-14/h4-5,9,20H,3,6-8H2,1-2H3. The van der Waals surface area contributed by atoms with Crippen molar-refractivity contribution in [1.82, 2.24) is 4.98 Å². The summed E-state index contributed by atoms with van der Waals surface area (Å²) in [7, 11) is 0. The number of ketones is 1. The first kappa shape index (κ1) is 13.1. The van der Waals surface area contributed by atoms with Crippen molar-refractivity contribution in [3.63, 3.8) is 0 Å². The minimum Gasteiger partial charge on any atom is -0.360 e. The number of carbonyl (C=O) groups excluding carboxylic acids is 1. The van der Waals surface area contributed by atoms with E-state index in [1.807, 2.05) is 13.1 Å². The number of fused-ring (bicyclic) bond motifs is 5. The smallest absolute Gasteiger partial charge is 0.158 e. The van der Waals surface area contributed by atoms with Gasteiger partial charge in [-0.15, -0.1) is 0 Å². The van der Waals surface area contributed by atoms with Crippen LogP contribution in [0.15, 0.2) is 23.9 Å². The fraction of sp³-hybridized carbons (Fsp3) is 0.389. The lowest BCUT2D eigenvalue weighted by Crippen LogP contribution is -2.27. The highest BCUT2D eigenvalue weighted by Crippen LogP contribution is 2.57. The Bertz CT molecular complexity index is 814. The molecule has 4 rings (SSSR count). The maximum absolute atomic E-state index is 12.2. The van der Waals surface area contributed by atoms with E-state index in [1.54, 1.807) is 0 Å². The van der Waals surface area contributed by atoms with Crippen LogP contribution in [-0.4, -0.2) is 10.8 Å². The quantitative estimate of drug-likeness (QED) is 0.797. The van der Waals surface area contributed by atoms with E-state index in [0.717, 1.165) is 40.8 Å². The van der Waals surface area contributed by atoms with Gasteiger partial charge in [-0.2, -0.15) is 0 Å². The van der Waals surface area contributed by atoms with Gasteiger partial charge in [0.2, 0.25) is 0 Å². The SMILES string of the molecule is CCC12CCC(=O)C(C)=C1c1ccc3[nH]cc(Cl)c3c1C2. The van der Waals surface area contributed by atoms with Gasteiger partial charge in [0.25, 0.3) is 0 Å². The van der Waals surface area contributed by atoms with E-state index in [4.69, 9.17) is 11.6 Å². The maximum Gasteiger partial charge on any atom is 0.158 e. The second-order valence-corrected chi connectivity index (χ2v) is 6.79. The number of hydrogen-bond donors (Lipinski definition) is 1. The number of rotatable bonds is 1. The number of aromatic nitrogens is 1. The third kappa shape index (κ3) is 1.57. The van der Waals surface area contributed by atoms with E-state index >= 15 is 0 Å². The Kier molecular flexibility index (Phi) is 2.65. The Balaban J connectivity index is 2.09. The maximum atomic E-state index is 12.2. The molecule has 1 atom stereocenters. The lowest BCUT2D eigenvalue weighted by Gasteiger charge is -2.34. The Morgan fingerprint density at radius 2 is 2.19 bits per heavy atom. The van der Waals surface area contributed by atoms with Crippen molar-refractivity contribution in [2.45, 2.75) is 39.5 Å². The van der Waals surface area contributed by atoms with Gasteiger partial charge in [-0.05, 0) is 54.5 Å². The van der Waals surface area contributed by atoms with Crippen LogP contribution < -0.4 is 0 Å². The molecular weight excluding hydrogens is 282 g/mol. The fourth-order valence-electron chi connectivity index (χ4n) is 4.36. The molecule has 3 heteroatoms. The minimum atomic E-state index is 0.134.